The highest BCUT2D eigenvalue weighted by atomic mass is 16.3. The molecular weight excluding hydrogens is 104 g/mol. The molecule has 0 amide bonds. The summed E-state index contributed by atoms with van der Waals surface area (Å²) in [7, 11) is 0. The van der Waals surface area contributed by atoms with Crippen LogP contribution in [0.25, 0.3) is 0 Å². The molecule has 2 nitrogen and oxygen atoms in total. The van der Waals surface area contributed by atoms with Gasteiger partial charge < -0.3 is 10.2 Å². The van der Waals surface area contributed by atoms with Crippen molar-refractivity contribution in [3.8, 4) is 0 Å². The molecule has 48 valence electrons. The zero-order valence-corrected chi connectivity index (χ0v) is 5.04. The van der Waals surface area contributed by atoms with E-state index >= 15 is 0 Å². The molecule has 0 radical (unpaired) electrons. The van der Waals surface area contributed by atoms with E-state index in [1.54, 1.807) is 12.2 Å². The first-order valence-electron chi connectivity index (χ1n) is 2.69. The second-order valence-electron chi connectivity index (χ2n) is 1.77. The third kappa shape index (κ3) is 3.84. The average molecular weight is 116 g/mol. The molecule has 0 aromatic rings. The molecule has 2 heteroatoms. The molecule has 0 aliphatic heterocycles. The van der Waals surface area contributed by atoms with Gasteiger partial charge in [-0.05, 0) is 5.92 Å². The summed E-state index contributed by atoms with van der Waals surface area (Å²) in [6.45, 7) is 2.09. The van der Waals surface area contributed by atoms with Gasteiger partial charge in [0.1, 0.15) is 0 Å². The molecule has 2 N–H and O–H groups in total. The highest BCUT2D eigenvalue weighted by molar-refractivity contribution is 4.85. The molecule has 0 spiro atoms. The van der Waals surface area contributed by atoms with Crippen molar-refractivity contribution in [1.82, 2.24) is 0 Å². The van der Waals surface area contributed by atoms with Gasteiger partial charge in [0.15, 0.2) is 0 Å². The Balaban J connectivity index is 3.21. The maximum Gasteiger partial charge on any atom is 0.0612 e. The fraction of sp³-hybridized carbons (Fsp3) is 0.667. The van der Waals surface area contributed by atoms with Crippen LogP contribution in [0.15, 0.2) is 12.2 Å². The molecule has 0 bridgehead atoms. The smallest absolute Gasteiger partial charge is 0.0612 e. The minimum Gasteiger partial charge on any atom is -0.396 e. The van der Waals surface area contributed by atoms with Crippen LogP contribution >= 0.6 is 0 Å². The Morgan fingerprint density at radius 2 is 2.12 bits per heavy atom. The molecule has 8 heavy (non-hydrogen) atoms. The van der Waals surface area contributed by atoms with E-state index in [9.17, 15) is 0 Å². The van der Waals surface area contributed by atoms with Gasteiger partial charge in [-0.15, -0.1) is 0 Å². The lowest BCUT2D eigenvalue weighted by molar-refractivity contribution is 0.261. The van der Waals surface area contributed by atoms with Gasteiger partial charge in [0.25, 0.3) is 0 Å². The van der Waals surface area contributed by atoms with Crippen molar-refractivity contribution >= 4 is 0 Å². The fourth-order valence-electron chi connectivity index (χ4n) is 0.354. The Labute approximate surface area is 49.5 Å². The predicted octanol–water partition coefficient (Wildman–Crippen LogP) is 0.163. The Bertz CT molecular complexity index is 68.9. The van der Waals surface area contributed by atoms with Crippen LogP contribution in [0.2, 0.25) is 0 Å². The lowest BCUT2D eigenvalue weighted by Gasteiger charge is -1.95. The molecule has 0 aromatic heterocycles. The Kier molecular flexibility index (Phi) is 4.61. The summed E-state index contributed by atoms with van der Waals surface area (Å²) in [5, 5.41) is 16.7. The molecule has 0 aliphatic rings. The third-order valence-corrected chi connectivity index (χ3v) is 0.858. The number of rotatable bonds is 3. The maximum absolute atomic E-state index is 8.43. The van der Waals surface area contributed by atoms with E-state index in [4.69, 9.17) is 10.2 Å². The third-order valence-electron chi connectivity index (χ3n) is 0.858. The van der Waals surface area contributed by atoms with Crippen LogP contribution in [0, 0.1) is 5.92 Å². The monoisotopic (exact) mass is 116 g/mol. The van der Waals surface area contributed by atoms with Crippen molar-refractivity contribution in [2.24, 2.45) is 5.92 Å². The van der Waals surface area contributed by atoms with Crippen LogP contribution in [0.3, 0.4) is 0 Å². The quantitative estimate of drug-likeness (QED) is 0.516. The molecule has 0 aliphatic carbocycles. The van der Waals surface area contributed by atoms with E-state index in [1.807, 2.05) is 6.92 Å². The van der Waals surface area contributed by atoms with Crippen molar-refractivity contribution in [1.29, 1.82) is 0 Å². The van der Waals surface area contributed by atoms with E-state index in [0.717, 1.165) is 0 Å². The van der Waals surface area contributed by atoms with Crippen molar-refractivity contribution in [3.63, 3.8) is 0 Å². The van der Waals surface area contributed by atoms with Crippen molar-refractivity contribution in [2.75, 3.05) is 13.2 Å². The van der Waals surface area contributed by atoms with Gasteiger partial charge in [-0.2, -0.15) is 0 Å². The van der Waals surface area contributed by atoms with E-state index in [-0.39, 0.29) is 19.1 Å². The van der Waals surface area contributed by atoms with Gasteiger partial charge in [-0.1, -0.05) is 19.1 Å². The molecular formula is C6H12O2. The standard InChI is InChI=1S/C6H12O2/c1-6(5-8)3-2-4-7/h2-3,6-8H,4-5H2,1H3/b3-2+. The first kappa shape index (κ1) is 7.66. The molecule has 0 heterocycles. The van der Waals surface area contributed by atoms with E-state index in [0.29, 0.717) is 0 Å². The zero-order valence-electron chi connectivity index (χ0n) is 5.04. The Hall–Kier alpha value is -0.340. The van der Waals surface area contributed by atoms with Crippen LogP contribution in [-0.2, 0) is 0 Å². The summed E-state index contributed by atoms with van der Waals surface area (Å²) in [5.41, 5.74) is 0. The molecule has 1 atom stereocenters. The molecule has 0 saturated heterocycles. The summed E-state index contributed by atoms with van der Waals surface area (Å²) in [6.07, 6.45) is 3.40. The van der Waals surface area contributed by atoms with Crippen LogP contribution in [-0.4, -0.2) is 23.4 Å². The topological polar surface area (TPSA) is 40.5 Å². The van der Waals surface area contributed by atoms with E-state index in [2.05, 4.69) is 0 Å². The number of hydrogen-bond donors (Lipinski definition) is 2. The summed E-state index contributed by atoms with van der Waals surface area (Å²) in [4.78, 5) is 0. The second-order valence-corrected chi connectivity index (χ2v) is 1.77. The number of aliphatic hydroxyl groups is 2. The van der Waals surface area contributed by atoms with Gasteiger partial charge in [0.2, 0.25) is 0 Å². The zero-order chi connectivity index (χ0) is 6.41. The first-order chi connectivity index (χ1) is 3.81. The van der Waals surface area contributed by atoms with Crippen molar-refractivity contribution in [2.45, 2.75) is 6.92 Å². The molecule has 1 unspecified atom stereocenters. The fourth-order valence-corrected chi connectivity index (χ4v) is 0.354. The first-order valence-corrected chi connectivity index (χ1v) is 2.69. The summed E-state index contributed by atoms with van der Waals surface area (Å²) in [5.74, 6) is 0.169. The Morgan fingerprint density at radius 3 is 2.50 bits per heavy atom. The lowest BCUT2D eigenvalue weighted by atomic mass is 10.2. The van der Waals surface area contributed by atoms with Crippen molar-refractivity contribution < 1.29 is 10.2 Å². The Morgan fingerprint density at radius 1 is 1.50 bits per heavy atom. The maximum atomic E-state index is 8.43. The highest BCUT2D eigenvalue weighted by Crippen LogP contribution is 1.92. The van der Waals surface area contributed by atoms with Crippen LogP contribution < -0.4 is 0 Å². The minimum atomic E-state index is 0.0599. The lowest BCUT2D eigenvalue weighted by Crippen LogP contribution is -1.95. The summed E-state index contributed by atoms with van der Waals surface area (Å²) < 4.78 is 0. The van der Waals surface area contributed by atoms with E-state index in [1.165, 1.54) is 0 Å². The predicted molar refractivity (Wildman–Crippen MR) is 32.5 cm³/mol. The van der Waals surface area contributed by atoms with Crippen LogP contribution in [0.4, 0.5) is 0 Å². The highest BCUT2D eigenvalue weighted by Gasteiger charge is 1.88. The van der Waals surface area contributed by atoms with Gasteiger partial charge in [0, 0.05) is 6.61 Å². The molecule has 0 saturated carbocycles. The van der Waals surface area contributed by atoms with Gasteiger partial charge >= 0.3 is 0 Å². The second kappa shape index (κ2) is 4.81. The SMILES string of the molecule is CC(/C=C/CO)CO. The molecule has 0 aromatic carbocycles. The number of hydrogen-bond acceptors (Lipinski definition) is 2. The molecule has 0 fully saturated rings. The van der Waals surface area contributed by atoms with Crippen molar-refractivity contribution in [3.05, 3.63) is 12.2 Å². The largest absolute Gasteiger partial charge is 0.396 e. The normalized spacial score (nSPS) is 14.9. The van der Waals surface area contributed by atoms with Gasteiger partial charge in [0.05, 0.1) is 6.61 Å². The van der Waals surface area contributed by atoms with Gasteiger partial charge in [-0.3, -0.25) is 0 Å². The molecule has 0 rings (SSSR count). The van der Waals surface area contributed by atoms with Gasteiger partial charge in [-0.25, -0.2) is 0 Å². The van der Waals surface area contributed by atoms with Crippen LogP contribution in [0.5, 0.6) is 0 Å². The number of aliphatic hydroxyl groups excluding tert-OH is 2. The minimum absolute atomic E-state index is 0.0599. The summed E-state index contributed by atoms with van der Waals surface area (Å²) in [6, 6.07) is 0. The summed E-state index contributed by atoms with van der Waals surface area (Å²) >= 11 is 0. The van der Waals surface area contributed by atoms with Crippen LogP contribution in [0.1, 0.15) is 6.92 Å². The van der Waals surface area contributed by atoms with E-state index < -0.39 is 0 Å². The average Bonchev–Trinajstić information content (AvgIpc) is 1.83.